The number of fused-ring (bicyclic) bond motifs is 1. The predicted octanol–water partition coefficient (Wildman–Crippen LogP) is 0.440. The minimum absolute atomic E-state index is 0.0382. The van der Waals surface area contributed by atoms with Gasteiger partial charge in [-0.2, -0.15) is 0 Å². The molecule has 2 heterocycles. The highest BCUT2D eigenvalue weighted by Crippen LogP contribution is 2.32. The van der Waals surface area contributed by atoms with Gasteiger partial charge in [0.15, 0.2) is 0 Å². The summed E-state index contributed by atoms with van der Waals surface area (Å²) in [5.41, 5.74) is 0.336. The lowest BCUT2D eigenvalue weighted by atomic mass is 10.0. The van der Waals surface area contributed by atoms with E-state index in [4.69, 9.17) is 6.42 Å². The van der Waals surface area contributed by atoms with E-state index in [-0.39, 0.29) is 48.4 Å². The van der Waals surface area contributed by atoms with Crippen molar-refractivity contribution in [1.82, 2.24) is 10.2 Å². The van der Waals surface area contributed by atoms with E-state index in [0.29, 0.717) is 0 Å². The highest BCUT2D eigenvalue weighted by molar-refractivity contribution is 6.26. The monoisotopic (exact) mass is 353 g/mol. The predicted molar refractivity (Wildman–Crippen MR) is 89.8 cm³/mol. The topological polar surface area (TPSA) is 113 Å². The van der Waals surface area contributed by atoms with Crippen molar-refractivity contribution in [3.05, 3.63) is 29.3 Å². The standard InChI is InChI=1S/C18H15N3O5/c1-2-3-7-13(22)19-11-6-4-5-10-15(11)18(26)21(17(10)25)12-8-9-14(23)20-16(12)24/h1,4-6,12H,3,7-9H2,(H,19,22)(H,20,23,24)/t12-/m1/s1. The van der Waals surface area contributed by atoms with Gasteiger partial charge in [0, 0.05) is 19.3 Å². The molecule has 2 aliphatic heterocycles. The zero-order valence-electron chi connectivity index (χ0n) is 13.7. The van der Waals surface area contributed by atoms with Gasteiger partial charge in [-0.25, -0.2) is 0 Å². The average molecular weight is 353 g/mol. The van der Waals surface area contributed by atoms with Gasteiger partial charge < -0.3 is 5.32 Å². The molecule has 1 saturated heterocycles. The van der Waals surface area contributed by atoms with E-state index in [1.807, 2.05) is 0 Å². The first-order chi connectivity index (χ1) is 12.4. The number of terminal acetylenes is 1. The first-order valence-electron chi connectivity index (χ1n) is 8.02. The van der Waals surface area contributed by atoms with E-state index >= 15 is 0 Å². The van der Waals surface area contributed by atoms with E-state index in [2.05, 4.69) is 16.6 Å². The van der Waals surface area contributed by atoms with Crippen molar-refractivity contribution in [1.29, 1.82) is 0 Å². The van der Waals surface area contributed by atoms with Gasteiger partial charge in [-0.05, 0) is 18.6 Å². The Bertz CT molecular complexity index is 883. The normalized spacial score (nSPS) is 19.0. The van der Waals surface area contributed by atoms with Crippen molar-refractivity contribution in [2.24, 2.45) is 0 Å². The number of imide groups is 2. The Morgan fingerprint density at radius 3 is 2.73 bits per heavy atom. The molecular weight excluding hydrogens is 338 g/mol. The number of hydrogen-bond acceptors (Lipinski definition) is 5. The molecule has 0 radical (unpaired) electrons. The Labute approximate surface area is 148 Å². The number of piperidine rings is 1. The molecule has 0 spiro atoms. The third-order valence-corrected chi connectivity index (χ3v) is 4.24. The number of hydrogen-bond donors (Lipinski definition) is 2. The molecule has 8 heteroatoms. The number of anilines is 1. The van der Waals surface area contributed by atoms with Gasteiger partial charge >= 0.3 is 0 Å². The molecule has 132 valence electrons. The molecule has 5 amide bonds. The maximum Gasteiger partial charge on any atom is 0.264 e. The number of carbonyl (C=O) groups is 5. The average Bonchev–Trinajstić information content (AvgIpc) is 2.85. The molecule has 3 rings (SSSR count). The Morgan fingerprint density at radius 2 is 2.04 bits per heavy atom. The molecule has 0 aliphatic carbocycles. The zero-order chi connectivity index (χ0) is 18.8. The summed E-state index contributed by atoms with van der Waals surface area (Å²) >= 11 is 0. The Kier molecular flexibility index (Phi) is 4.54. The Morgan fingerprint density at radius 1 is 1.27 bits per heavy atom. The largest absolute Gasteiger partial charge is 0.325 e. The molecular formula is C18H15N3O5. The molecule has 0 unspecified atom stereocenters. The highest BCUT2D eigenvalue weighted by Gasteiger charge is 2.45. The molecule has 1 fully saturated rings. The summed E-state index contributed by atoms with van der Waals surface area (Å²) in [6.07, 6.45) is 5.57. The minimum Gasteiger partial charge on any atom is -0.325 e. The van der Waals surface area contributed by atoms with E-state index in [1.165, 1.54) is 18.2 Å². The second kappa shape index (κ2) is 6.80. The van der Waals surface area contributed by atoms with E-state index in [1.54, 1.807) is 0 Å². The van der Waals surface area contributed by atoms with Crippen LogP contribution >= 0.6 is 0 Å². The van der Waals surface area contributed by atoms with Crippen LogP contribution in [-0.4, -0.2) is 40.5 Å². The lowest BCUT2D eigenvalue weighted by Crippen LogP contribution is -2.54. The fraction of sp³-hybridized carbons (Fsp3) is 0.278. The van der Waals surface area contributed by atoms with E-state index in [0.717, 1.165) is 4.90 Å². The van der Waals surface area contributed by atoms with Crippen LogP contribution in [-0.2, 0) is 14.4 Å². The molecule has 8 nitrogen and oxygen atoms in total. The van der Waals surface area contributed by atoms with Crippen LogP contribution in [0.5, 0.6) is 0 Å². The van der Waals surface area contributed by atoms with Crippen LogP contribution in [0.3, 0.4) is 0 Å². The fourth-order valence-corrected chi connectivity index (χ4v) is 3.02. The van der Waals surface area contributed by atoms with Crippen molar-refractivity contribution in [3.63, 3.8) is 0 Å². The number of nitrogens with zero attached hydrogens (tertiary/aromatic N) is 1. The Hall–Kier alpha value is -3.47. The summed E-state index contributed by atoms with van der Waals surface area (Å²) in [4.78, 5) is 61.6. The number of nitrogens with one attached hydrogen (secondary N) is 2. The third kappa shape index (κ3) is 2.95. The van der Waals surface area contributed by atoms with E-state index < -0.39 is 29.7 Å². The maximum atomic E-state index is 12.8. The minimum atomic E-state index is -1.05. The summed E-state index contributed by atoms with van der Waals surface area (Å²) in [6.45, 7) is 0. The zero-order valence-corrected chi connectivity index (χ0v) is 13.7. The van der Waals surface area contributed by atoms with Crippen LogP contribution < -0.4 is 10.6 Å². The highest BCUT2D eigenvalue weighted by atomic mass is 16.2. The molecule has 0 saturated carbocycles. The number of carbonyl (C=O) groups excluding carboxylic acids is 5. The maximum absolute atomic E-state index is 12.8. The van der Waals surface area contributed by atoms with Crippen molar-refractivity contribution < 1.29 is 24.0 Å². The summed E-state index contributed by atoms with van der Waals surface area (Å²) in [6, 6.07) is 3.45. The lowest BCUT2D eigenvalue weighted by molar-refractivity contribution is -0.136. The van der Waals surface area contributed by atoms with Crippen LogP contribution in [0.1, 0.15) is 46.4 Å². The van der Waals surface area contributed by atoms with Crippen LogP contribution in [0.25, 0.3) is 0 Å². The second-order valence-electron chi connectivity index (χ2n) is 5.93. The second-order valence-corrected chi connectivity index (χ2v) is 5.93. The Balaban J connectivity index is 1.89. The van der Waals surface area contributed by atoms with Crippen molar-refractivity contribution >= 4 is 35.2 Å². The van der Waals surface area contributed by atoms with Gasteiger partial charge in [0.05, 0.1) is 16.8 Å². The third-order valence-electron chi connectivity index (χ3n) is 4.24. The molecule has 1 aromatic rings. The van der Waals surface area contributed by atoms with Crippen LogP contribution in [0.4, 0.5) is 5.69 Å². The quantitative estimate of drug-likeness (QED) is 0.602. The van der Waals surface area contributed by atoms with Gasteiger partial charge in [0.1, 0.15) is 6.04 Å². The number of benzene rings is 1. The van der Waals surface area contributed by atoms with Gasteiger partial charge in [-0.3, -0.25) is 34.2 Å². The molecule has 26 heavy (non-hydrogen) atoms. The summed E-state index contributed by atoms with van der Waals surface area (Å²) < 4.78 is 0. The van der Waals surface area contributed by atoms with Gasteiger partial charge in [-0.15, -0.1) is 12.3 Å². The number of rotatable bonds is 4. The van der Waals surface area contributed by atoms with Crippen molar-refractivity contribution in [3.8, 4) is 12.3 Å². The van der Waals surface area contributed by atoms with Crippen LogP contribution in [0.15, 0.2) is 18.2 Å². The fourth-order valence-electron chi connectivity index (χ4n) is 3.02. The summed E-state index contributed by atoms with van der Waals surface area (Å²) in [7, 11) is 0. The molecule has 1 atom stereocenters. The van der Waals surface area contributed by atoms with Crippen molar-refractivity contribution in [2.45, 2.75) is 31.7 Å². The van der Waals surface area contributed by atoms with Crippen LogP contribution in [0.2, 0.25) is 0 Å². The molecule has 0 aromatic heterocycles. The van der Waals surface area contributed by atoms with Crippen molar-refractivity contribution in [2.75, 3.05) is 5.32 Å². The SMILES string of the molecule is C#CCCC(=O)Nc1cccc2c1C(=O)N([C@@H]1CCC(=O)NC1=O)C2=O. The van der Waals surface area contributed by atoms with Crippen LogP contribution in [0, 0.1) is 12.3 Å². The van der Waals surface area contributed by atoms with Gasteiger partial charge in [-0.1, -0.05) is 6.07 Å². The number of amides is 5. The van der Waals surface area contributed by atoms with E-state index in [9.17, 15) is 24.0 Å². The summed E-state index contributed by atoms with van der Waals surface area (Å²) in [5, 5.41) is 4.71. The summed E-state index contributed by atoms with van der Waals surface area (Å²) in [5.74, 6) is -0.454. The molecule has 2 N–H and O–H groups in total. The van der Waals surface area contributed by atoms with Gasteiger partial charge in [0.2, 0.25) is 17.7 Å². The molecule has 0 bridgehead atoms. The first kappa shape index (κ1) is 17.4. The first-order valence-corrected chi connectivity index (χ1v) is 8.02. The van der Waals surface area contributed by atoms with Gasteiger partial charge in [0.25, 0.3) is 11.8 Å². The molecule has 2 aliphatic rings. The lowest BCUT2D eigenvalue weighted by Gasteiger charge is -2.27. The molecule has 1 aromatic carbocycles. The smallest absolute Gasteiger partial charge is 0.264 e.